The van der Waals surface area contributed by atoms with E-state index < -0.39 is 0 Å². The predicted molar refractivity (Wildman–Crippen MR) is 63.3 cm³/mol. The Morgan fingerprint density at radius 1 is 1.29 bits per heavy atom. The molecule has 1 aliphatic carbocycles. The second-order valence-electron chi connectivity index (χ2n) is 4.05. The van der Waals surface area contributed by atoms with Crippen LogP contribution in [0.25, 0.3) is 0 Å². The highest BCUT2D eigenvalue weighted by molar-refractivity contribution is 9.10. The molecule has 0 aromatic heterocycles. The van der Waals surface area contributed by atoms with E-state index in [1.165, 1.54) is 35.7 Å². The molecule has 0 aliphatic heterocycles. The standard InChI is InChI=1S/C12H16BrN/c1-14-12(7-2-3-8-12)10-5-4-6-11(13)9-10/h4-6,9,14H,2-3,7-8H2,1H3. The Morgan fingerprint density at radius 3 is 2.57 bits per heavy atom. The summed E-state index contributed by atoms with van der Waals surface area (Å²) in [4.78, 5) is 0. The lowest BCUT2D eigenvalue weighted by atomic mass is 9.88. The van der Waals surface area contributed by atoms with Gasteiger partial charge in [-0.3, -0.25) is 0 Å². The van der Waals surface area contributed by atoms with Gasteiger partial charge in [-0.2, -0.15) is 0 Å². The zero-order valence-electron chi connectivity index (χ0n) is 8.52. The van der Waals surface area contributed by atoms with Gasteiger partial charge in [-0.05, 0) is 37.6 Å². The van der Waals surface area contributed by atoms with Crippen LogP contribution in [0.4, 0.5) is 0 Å². The van der Waals surface area contributed by atoms with Crippen molar-refractivity contribution in [2.24, 2.45) is 0 Å². The van der Waals surface area contributed by atoms with E-state index in [4.69, 9.17) is 0 Å². The fourth-order valence-corrected chi connectivity index (χ4v) is 2.85. The summed E-state index contributed by atoms with van der Waals surface area (Å²) in [5.41, 5.74) is 1.66. The van der Waals surface area contributed by atoms with E-state index in [9.17, 15) is 0 Å². The molecule has 1 aliphatic rings. The van der Waals surface area contributed by atoms with Crippen molar-refractivity contribution in [2.45, 2.75) is 31.2 Å². The fourth-order valence-electron chi connectivity index (χ4n) is 2.45. The van der Waals surface area contributed by atoms with Gasteiger partial charge in [0, 0.05) is 10.0 Å². The summed E-state index contributed by atoms with van der Waals surface area (Å²) >= 11 is 3.53. The van der Waals surface area contributed by atoms with E-state index >= 15 is 0 Å². The second-order valence-corrected chi connectivity index (χ2v) is 4.97. The lowest BCUT2D eigenvalue weighted by molar-refractivity contribution is 0.372. The Labute approximate surface area is 94.0 Å². The smallest absolute Gasteiger partial charge is 0.0432 e. The summed E-state index contributed by atoms with van der Waals surface area (Å²) in [6, 6.07) is 8.67. The van der Waals surface area contributed by atoms with Crippen molar-refractivity contribution in [1.29, 1.82) is 0 Å². The van der Waals surface area contributed by atoms with Gasteiger partial charge in [0.15, 0.2) is 0 Å². The molecule has 2 rings (SSSR count). The molecular weight excluding hydrogens is 238 g/mol. The fraction of sp³-hybridized carbons (Fsp3) is 0.500. The molecule has 1 fully saturated rings. The second kappa shape index (κ2) is 4.03. The molecule has 0 heterocycles. The highest BCUT2D eigenvalue weighted by Crippen LogP contribution is 2.38. The molecule has 14 heavy (non-hydrogen) atoms. The van der Waals surface area contributed by atoms with Gasteiger partial charge in [0.05, 0.1) is 0 Å². The van der Waals surface area contributed by atoms with Gasteiger partial charge in [0.1, 0.15) is 0 Å². The number of nitrogens with one attached hydrogen (secondary N) is 1. The maximum atomic E-state index is 3.53. The van der Waals surface area contributed by atoms with Crippen molar-refractivity contribution in [2.75, 3.05) is 7.05 Å². The summed E-state index contributed by atoms with van der Waals surface area (Å²) < 4.78 is 1.18. The molecule has 1 nitrogen and oxygen atoms in total. The van der Waals surface area contributed by atoms with Crippen LogP contribution < -0.4 is 5.32 Å². The predicted octanol–water partition coefficient (Wildman–Crippen LogP) is 3.44. The molecule has 0 atom stereocenters. The maximum Gasteiger partial charge on any atom is 0.0432 e. The third kappa shape index (κ3) is 1.73. The van der Waals surface area contributed by atoms with Gasteiger partial charge < -0.3 is 5.32 Å². The molecule has 0 amide bonds. The van der Waals surface area contributed by atoms with Crippen molar-refractivity contribution in [3.63, 3.8) is 0 Å². The monoisotopic (exact) mass is 253 g/mol. The Morgan fingerprint density at radius 2 is 2.00 bits per heavy atom. The van der Waals surface area contributed by atoms with E-state index in [0.717, 1.165) is 0 Å². The minimum absolute atomic E-state index is 0.240. The van der Waals surface area contributed by atoms with Crippen LogP contribution in [0.3, 0.4) is 0 Å². The average Bonchev–Trinajstić information content (AvgIpc) is 2.67. The average molecular weight is 254 g/mol. The molecule has 2 heteroatoms. The maximum absolute atomic E-state index is 3.53. The number of benzene rings is 1. The summed E-state index contributed by atoms with van der Waals surface area (Å²) in [5.74, 6) is 0. The van der Waals surface area contributed by atoms with Crippen LogP contribution in [-0.4, -0.2) is 7.05 Å². The number of halogens is 1. The normalized spacial score (nSPS) is 19.9. The Hall–Kier alpha value is -0.340. The summed E-state index contributed by atoms with van der Waals surface area (Å²) in [7, 11) is 2.08. The first-order chi connectivity index (χ1) is 6.77. The van der Waals surface area contributed by atoms with Crippen LogP contribution in [0.1, 0.15) is 31.2 Å². The lowest BCUT2D eigenvalue weighted by Crippen LogP contribution is -2.36. The van der Waals surface area contributed by atoms with Crippen LogP contribution in [0.5, 0.6) is 0 Å². The summed E-state index contributed by atoms with van der Waals surface area (Å²) in [5, 5.41) is 3.50. The van der Waals surface area contributed by atoms with Gasteiger partial charge in [-0.1, -0.05) is 40.9 Å². The van der Waals surface area contributed by atoms with Crippen molar-refractivity contribution in [3.05, 3.63) is 34.3 Å². The van der Waals surface area contributed by atoms with Crippen molar-refractivity contribution in [3.8, 4) is 0 Å². The quantitative estimate of drug-likeness (QED) is 0.852. The highest BCUT2D eigenvalue weighted by Gasteiger charge is 2.33. The third-order valence-electron chi connectivity index (χ3n) is 3.31. The molecule has 0 spiro atoms. The molecule has 1 aromatic rings. The Bertz CT molecular complexity index is 316. The molecule has 1 aromatic carbocycles. The Kier molecular flexibility index (Phi) is 2.93. The van der Waals surface area contributed by atoms with Crippen LogP contribution in [-0.2, 0) is 5.54 Å². The van der Waals surface area contributed by atoms with Crippen molar-refractivity contribution in [1.82, 2.24) is 5.32 Å². The van der Waals surface area contributed by atoms with Crippen molar-refractivity contribution >= 4 is 15.9 Å². The molecule has 0 unspecified atom stereocenters. The van der Waals surface area contributed by atoms with Gasteiger partial charge in [0.2, 0.25) is 0 Å². The molecule has 76 valence electrons. The molecule has 0 radical (unpaired) electrons. The minimum atomic E-state index is 0.240. The highest BCUT2D eigenvalue weighted by atomic mass is 79.9. The first-order valence-electron chi connectivity index (χ1n) is 5.22. The zero-order valence-corrected chi connectivity index (χ0v) is 10.1. The van der Waals surface area contributed by atoms with Crippen LogP contribution >= 0.6 is 15.9 Å². The van der Waals surface area contributed by atoms with Gasteiger partial charge in [-0.15, -0.1) is 0 Å². The number of rotatable bonds is 2. The topological polar surface area (TPSA) is 12.0 Å². The molecular formula is C12H16BrN. The number of hydrogen-bond acceptors (Lipinski definition) is 1. The van der Waals surface area contributed by atoms with E-state index in [2.05, 4.69) is 52.6 Å². The van der Waals surface area contributed by atoms with Gasteiger partial charge >= 0.3 is 0 Å². The molecule has 0 bridgehead atoms. The first kappa shape index (κ1) is 10.2. The van der Waals surface area contributed by atoms with Crippen LogP contribution in [0.2, 0.25) is 0 Å². The molecule has 0 saturated heterocycles. The zero-order chi connectivity index (χ0) is 10.0. The van der Waals surface area contributed by atoms with Crippen LogP contribution in [0, 0.1) is 0 Å². The van der Waals surface area contributed by atoms with Gasteiger partial charge in [0.25, 0.3) is 0 Å². The van der Waals surface area contributed by atoms with Gasteiger partial charge in [-0.25, -0.2) is 0 Å². The minimum Gasteiger partial charge on any atom is -0.310 e. The summed E-state index contributed by atoms with van der Waals surface area (Å²) in [6.45, 7) is 0. The van der Waals surface area contributed by atoms with Crippen LogP contribution in [0.15, 0.2) is 28.7 Å². The lowest BCUT2D eigenvalue weighted by Gasteiger charge is -2.29. The Balaban J connectivity index is 2.35. The summed E-state index contributed by atoms with van der Waals surface area (Å²) in [6.07, 6.45) is 5.21. The van der Waals surface area contributed by atoms with E-state index in [1.54, 1.807) is 0 Å². The molecule has 1 saturated carbocycles. The van der Waals surface area contributed by atoms with Crippen molar-refractivity contribution < 1.29 is 0 Å². The SMILES string of the molecule is CNC1(c2cccc(Br)c2)CCCC1. The van der Waals surface area contributed by atoms with E-state index in [1.807, 2.05) is 0 Å². The first-order valence-corrected chi connectivity index (χ1v) is 6.01. The molecule has 1 N–H and O–H groups in total. The van der Waals surface area contributed by atoms with E-state index in [-0.39, 0.29) is 5.54 Å². The van der Waals surface area contributed by atoms with E-state index in [0.29, 0.717) is 0 Å². The largest absolute Gasteiger partial charge is 0.310 e. The third-order valence-corrected chi connectivity index (χ3v) is 3.81. The number of hydrogen-bond donors (Lipinski definition) is 1.